The molecule has 0 bridgehead atoms. The Morgan fingerprint density at radius 2 is 1.68 bits per heavy atom. The number of carbonyl (C=O) groups excluding carboxylic acids is 3. The molecule has 0 unspecified atom stereocenters. The molecule has 0 radical (unpaired) electrons. The third-order valence-corrected chi connectivity index (χ3v) is 5.37. The first-order valence-corrected chi connectivity index (χ1v) is 11.6. The van der Waals surface area contributed by atoms with Gasteiger partial charge in [0.15, 0.2) is 0 Å². The van der Waals surface area contributed by atoms with Gasteiger partial charge in [0.2, 0.25) is 0 Å². The molecule has 37 heavy (non-hydrogen) atoms. The lowest BCUT2D eigenvalue weighted by Gasteiger charge is -2.21. The molecule has 0 saturated carbocycles. The van der Waals surface area contributed by atoms with Gasteiger partial charge >= 0.3 is 12.1 Å². The van der Waals surface area contributed by atoms with E-state index in [-0.39, 0.29) is 40.2 Å². The minimum absolute atomic E-state index is 0.0245. The summed E-state index contributed by atoms with van der Waals surface area (Å²) >= 11 is 6.05. The molecule has 3 aromatic rings. The Bertz CT molecular complexity index is 1280. The van der Waals surface area contributed by atoms with Crippen LogP contribution in [0.15, 0.2) is 72.8 Å². The highest BCUT2D eigenvalue weighted by Gasteiger charge is 2.28. The molecule has 0 aliphatic heterocycles. The second-order valence-electron chi connectivity index (χ2n) is 8.25. The Balaban J connectivity index is 1.70. The highest BCUT2D eigenvalue weighted by molar-refractivity contribution is 6.31. The molecule has 0 aliphatic rings. The third-order valence-electron chi connectivity index (χ3n) is 5.14. The molecule has 0 aliphatic carbocycles. The number of hydrogen-bond acceptors (Lipinski definition) is 7. The molecule has 0 spiro atoms. The zero-order chi connectivity index (χ0) is 26.9. The number of alkyl carbamates (subject to hydrolysis) is 1. The minimum Gasteiger partial charge on any atom is -0.445 e. The van der Waals surface area contributed by atoms with Crippen LogP contribution in [0.25, 0.3) is 0 Å². The average molecular weight is 526 g/mol. The topological polar surface area (TPSA) is 137 Å². The van der Waals surface area contributed by atoms with E-state index in [1.807, 2.05) is 18.2 Å². The van der Waals surface area contributed by atoms with Crippen LogP contribution in [0.3, 0.4) is 0 Å². The van der Waals surface area contributed by atoms with E-state index in [0.717, 1.165) is 5.56 Å². The molecule has 0 saturated heterocycles. The summed E-state index contributed by atoms with van der Waals surface area (Å²) in [5.74, 6) is -1.91. The first-order chi connectivity index (χ1) is 17.6. The zero-order valence-corrected chi connectivity index (χ0v) is 20.7. The summed E-state index contributed by atoms with van der Waals surface area (Å²) in [6, 6.07) is 17.3. The van der Waals surface area contributed by atoms with Crippen molar-refractivity contribution < 1.29 is 28.8 Å². The maximum atomic E-state index is 13.0. The molecule has 0 heterocycles. The van der Waals surface area contributed by atoms with E-state index >= 15 is 0 Å². The fourth-order valence-corrected chi connectivity index (χ4v) is 3.37. The van der Waals surface area contributed by atoms with Gasteiger partial charge in [-0.2, -0.15) is 0 Å². The van der Waals surface area contributed by atoms with E-state index in [1.165, 1.54) is 42.5 Å². The summed E-state index contributed by atoms with van der Waals surface area (Å²) in [5.41, 5.74) is 0.889. The monoisotopic (exact) mass is 525 g/mol. The number of hydrogen-bond donors (Lipinski definition) is 2. The molecule has 192 valence electrons. The molecule has 0 aromatic heterocycles. The fourth-order valence-electron chi connectivity index (χ4n) is 3.19. The maximum Gasteiger partial charge on any atom is 0.408 e. The van der Waals surface area contributed by atoms with Gasteiger partial charge < -0.3 is 20.1 Å². The number of amides is 2. The second-order valence-corrected chi connectivity index (χ2v) is 8.68. The van der Waals surface area contributed by atoms with Crippen molar-refractivity contribution in [3.8, 4) is 5.75 Å². The minimum atomic E-state index is -1.07. The Labute approximate surface area is 217 Å². The number of carbonyl (C=O) groups is 3. The van der Waals surface area contributed by atoms with Crippen LogP contribution >= 0.6 is 11.6 Å². The molecule has 11 heteroatoms. The Morgan fingerprint density at radius 1 is 1.00 bits per heavy atom. The largest absolute Gasteiger partial charge is 0.445 e. The first-order valence-electron chi connectivity index (χ1n) is 11.2. The van der Waals surface area contributed by atoms with E-state index in [0.29, 0.717) is 0 Å². The van der Waals surface area contributed by atoms with Gasteiger partial charge in [-0.25, -0.2) is 9.59 Å². The molecular weight excluding hydrogens is 502 g/mol. The highest BCUT2D eigenvalue weighted by atomic mass is 35.5. The van der Waals surface area contributed by atoms with Crippen LogP contribution in [0.4, 0.5) is 16.2 Å². The number of esters is 1. The fraction of sp³-hybridized carbons (Fsp3) is 0.192. The van der Waals surface area contributed by atoms with Gasteiger partial charge in [0.25, 0.3) is 11.6 Å². The maximum absolute atomic E-state index is 13.0. The number of nitrogens with zero attached hydrogens (tertiary/aromatic N) is 1. The first kappa shape index (κ1) is 27.2. The van der Waals surface area contributed by atoms with Crippen molar-refractivity contribution in [1.29, 1.82) is 0 Å². The Morgan fingerprint density at radius 3 is 2.30 bits per heavy atom. The van der Waals surface area contributed by atoms with Crippen LogP contribution in [0, 0.1) is 16.0 Å². The van der Waals surface area contributed by atoms with Crippen LogP contribution < -0.4 is 15.4 Å². The van der Waals surface area contributed by atoms with E-state index in [9.17, 15) is 24.5 Å². The number of rotatable bonds is 9. The molecule has 2 amide bonds. The van der Waals surface area contributed by atoms with E-state index in [4.69, 9.17) is 21.1 Å². The Kier molecular flexibility index (Phi) is 9.17. The van der Waals surface area contributed by atoms with Crippen molar-refractivity contribution in [1.82, 2.24) is 5.32 Å². The number of nitro groups is 1. The van der Waals surface area contributed by atoms with Crippen LogP contribution in [0.2, 0.25) is 5.02 Å². The summed E-state index contributed by atoms with van der Waals surface area (Å²) in [4.78, 5) is 48.5. The zero-order valence-electron chi connectivity index (χ0n) is 20.0. The normalized spacial score (nSPS) is 11.4. The summed E-state index contributed by atoms with van der Waals surface area (Å²) in [6.45, 7) is 3.46. The van der Waals surface area contributed by atoms with Crippen molar-refractivity contribution >= 4 is 40.9 Å². The van der Waals surface area contributed by atoms with Crippen molar-refractivity contribution in [3.63, 3.8) is 0 Å². The molecule has 3 rings (SSSR count). The van der Waals surface area contributed by atoms with Gasteiger partial charge in [-0.15, -0.1) is 0 Å². The standard InChI is InChI=1S/C26H24ClN3O7/c1-16(2)23(29-26(33)36-15-17-6-4-3-5-7-17)25(32)37-22-13-8-18(27)14-21(22)24(31)28-19-9-11-20(12-10-19)30(34)35/h3-14,16,23H,15H2,1-2H3,(H,28,31)(H,29,33)/t23-/m0/s1. The molecule has 2 N–H and O–H groups in total. The molecule has 1 atom stereocenters. The lowest BCUT2D eigenvalue weighted by Crippen LogP contribution is -2.46. The smallest absolute Gasteiger partial charge is 0.408 e. The van der Waals surface area contributed by atoms with Gasteiger partial charge in [0.05, 0.1) is 10.5 Å². The average Bonchev–Trinajstić information content (AvgIpc) is 2.87. The lowest BCUT2D eigenvalue weighted by atomic mass is 10.0. The van der Waals surface area contributed by atoms with Gasteiger partial charge in [0.1, 0.15) is 18.4 Å². The predicted octanol–water partition coefficient (Wildman–Crippen LogP) is 5.36. The summed E-state index contributed by atoms with van der Waals surface area (Å²) in [5, 5.41) is 16.1. The molecular formula is C26H24ClN3O7. The van der Waals surface area contributed by atoms with Gasteiger partial charge in [-0.3, -0.25) is 14.9 Å². The predicted molar refractivity (Wildman–Crippen MR) is 137 cm³/mol. The third kappa shape index (κ3) is 7.77. The lowest BCUT2D eigenvalue weighted by molar-refractivity contribution is -0.384. The highest BCUT2D eigenvalue weighted by Crippen LogP contribution is 2.26. The SMILES string of the molecule is CC(C)[C@H](NC(=O)OCc1ccccc1)C(=O)Oc1ccc(Cl)cc1C(=O)Nc1ccc([N+](=O)[O-])cc1. The van der Waals surface area contributed by atoms with Crippen LogP contribution in [0.5, 0.6) is 5.75 Å². The summed E-state index contributed by atoms with van der Waals surface area (Å²) in [6.07, 6.45) is -0.799. The number of nitrogens with one attached hydrogen (secondary N) is 2. The quantitative estimate of drug-likeness (QED) is 0.166. The van der Waals surface area contributed by atoms with Gasteiger partial charge in [0, 0.05) is 22.8 Å². The number of anilines is 1. The van der Waals surface area contributed by atoms with Gasteiger partial charge in [-0.05, 0) is 41.8 Å². The second kappa shape index (κ2) is 12.5. The summed E-state index contributed by atoms with van der Waals surface area (Å²) < 4.78 is 10.7. The van der Waals surface area contributed by atoms with E-state index < -0.39 is 28.9 Å². The number of halogens is 1. The van der Waals surface area contributed by atoms with Crippen molar-refractivity contribution in [2.75, 3.05) is 5.32 Å². The van der Waals surface area contributed by atoms with E-state index in [1.54, 1.807) is 26.0 Å². The van der Waals surface area contributed by atoms with Crippen LogP contribution in [0.1, 0.15) is 29.8 Å². The molecule has 0 fully saturated rings. The Hall–Kier alpha value is -4.44. The molecule has 10 nitrogen and oxygen atoms in total. The van der Waals surface area contributed by atoms with E-state index in [2.05, 4.69) is 10.6 Å². The van der Waals surface area contributed by atoms with Crippen molar-refractivity contribution in [3.05, 3.63) is 99.1 Å². The number of ether oxygens (including phenoxy) is 2. The number of nitro benzene ring substituents is 1. The molecule has 3 aromatic carbocycles. The van der Waals surface area contributed by atoms with Crippen LogP contribution in [-0.4, -0.2) is 28.9 Å². The summed E-state index contributed by atoms with van der Waals surface area (Å²) in [7, 11) is 0. The number of benzene rings is 3. The van der Waals surface area contributed by atoms with Crippen LogP contribution in [-0.2, 0) is 16.1 Å². The van der Waals surface area contributed by atoms with Crippen molar-refractivity contribution in [2.24, 2.45) is 5.92 Å². The number of non-ortho nitro benzene ring substituents is 1. The van der Waals surface area contributed by atoms with Gasteiger partial charge in [-0.1, -0.05) is 55.8 Å². The van der Waals surface area contributed by atoms with Crippen molar-refractivity contribution in [2.45, 2.75) is 26.5 Å².